The Morgan fingerprint density at radius 2 is 0.447 bits per heavy atom. The Hall–Kier alpha value is -1.94. The standard InChI is InChI=1S/C84H164O17P2/c1-7-9-11-13-15-17-19-20-21-22-23-24-25-26-27-28-33-38-44-50-56-62-68-83(88)100-80(73-95-82(87)67-61-55-49-43-37-32-30-29-31-35-40-46-52-58-64-76(3)4)75-99-103(92,93)97-71-78(85)70-96-102(90,91)98-74-79(72-94-81(86)66-60-54-48-42-18-16-14-12-10-8-2)101-84(89)69-63-57-51-45-39-34-36-41-47-53-59-65-77(5)6/h76-80,85H,7-75H2,1-6H3,(H,90,91)(H,92,93)/t78-,79+,80+/m0/s1. The van der Waals surface area contributed by atoms with Gasteiger partial charge < -0.3 is 33.8 Å². The number of ether oxygens (including phenoxy) is 4. The average molecular weight is 1510 g/mol. The van der Waals surface area contributed by atoms with Crippen molar-refractivity contribution in [3.8, 4) is 0 Å². The number of carbonyl (C=O) groups is 4. The molecule has 3 N–H and O–H groups in total. The molecule has 0 aromatic carbocycles. The van der Waals surface area contributed by atoms with Crippen molar-refractivity contribution in [3.05, 3.63) is 0 Å². The lowest BCUT2D eigenvalue weighted by molar-refractivity contribution is -0.161. The van der Waals surface area contributed by atoms with Crippen molar-refractivity contribution in [1.29, 1.82) is 0 Å². The fraction of sp³-hybridized carbons (Fsp3) is 0.952. The molecule has 0 saturated heterocycles. The molecular weight excluding hydrogens is 1340 g/mol. The highest BCUT2D eigenvalue weighted by Gasteiger charge is 2.30. The van der Waals surface area contributed by atoms with Gasteiger partial charge >= 0.3 is 39.5 Å². The number of esters is 4. The van der Waals surface area contributed by atoms with Crippen LogP contribution in [0, 0.1) is 11.8 Å². The van der Waals surface area contributed by atoms with Crippen molar-refractivity contribution in [2.75, 3.05) is 39.6 Å². The maximum absolute atomic E-state index is 13.1. The topological polar surface area (TPSA) is 237 Å². The minimum Gasteiger partial charge on any atom is -0.462 e. The molecule has 0 fully saturated rings. The number of carbonyl (C=O) groups excluding carboxylic acids is 4. The summed E-state index contributed by atoms with van der Waals surface area (Å²) in [6, 6.07) is 0. The zero-order valence-corrected chi connectivity index (χ0v) is 69.4. The number of hydrogen-bond donors (Lipinski definition) is 3. The van der Waals surface area contributed by atoms with Gasteiger partial charge in [0.2, 0.25) is 0 Å². The molecule has 103 heavy (non-hydrogen) atoms. The Balaban J connectivity index is 5.21. The van der Waals surface area contributed by atoms with E-state index in [4.69, 9.17) is 37.0 Å². The van der Waals surface area contributed by atoms with Crippen LogP contribution in [-0.4, -0.2) is 96.7 Å². The number of phosphoric ester groups is 2. The third-order valence-electron chi connectivity index (χ3n) is 19.7. The van der Waals surface area contributed by atoms with Crippen LogP contribution in [0.2, 0.25) is 0 Å². The summed E-state index contributed by atoms with van der Waals surface area (Å²) in [4.78, 5) is 73.1. The summed E-state index contributed by atoms with van der Waals surface area (Å²) in [5, 5.41) is 10.7. The van der Waals surface area contributed by atoms with Crippen LogP contribution in [0.4, 0.5) is 0 Å². The second kappa shape index (κ2) is 75.5. The molecular formula is C84H164O17P2. The van der Waals surface area contributed by atoms with E-state index in [-0.39, 0.29) is 25.7 Å². The van der Waals surface area contributed by atoms with E-state index in [1.807, 2.05) is 0 Å². The van der Waals surface area contributed by atoms with Crippen molar-refractivity contribution in [1.82, 2.24) is 0 Å². The van der Waals surface area contributed by atoms with Gasteiger partial charge in [0.05, 0.1) is 26.4 Å². The smallest absolute Gasteiger partial charge is 0.462 e. The van der Waals surface area contributed by atoms with Gasteiger partial charge in [-0.05, 0) is 37.5 Å². The third-order valence-corrected chi connectivity index (χ3v) is 21.6. The third kappa shape index (κ3) is 78.0. The number of hydrogen-bond acceptors (Lipinski definition) is 15. The Kier molecular flexibility index (Phi) is 74.1. The highest BCUT2D eigenvalue weighted by atomic mass is 31.2. The molecule has 0 radical (unpaired) electrons. The Bertz CT molecular complexity index is 1980. The van der Waals surface area contributed by atoms with Gasteiger partial charge in [0.1, 0.15) is 19.3 Å². The molecule has 17 nitrogen and oxygen atoms in total. The number of aliphatic hydroxyl groups is 1. The summed E-state index contributed by atoms with van der Waals surface area (Å²) in [6.45, 7) is 9.67. The minimum atomic E-state index is -4.96. The van der Waals surface area contributed by atoms with Crippen molar-refractivity contribution in [2.24, 2.45) is 11.8 Å². The molecule has 0 aliphatic heterocycles. The monoisotopic (exact) mass is 1510 g/mol. The predicted molar refractivity (Wildman–Crippen MR) is 423 cm³/mol. The van der Waals surface area contributed by atoms with Crippen LogP contribution in [-0.2, 0) is 65.4 Å². The van der Waals surface area contributed by atoms with E-state index in [0.29, 0.717) is 25.7 Å². The van der Waals surface area contributed by atoms with E-state index < -0.39 is 97.5 Å². The molecule has 0 heterocycles. The van der Waals surface area contributed by atoms with Gasteiger partial charge in [-0.25, -0.2) is 9.13 Å². The molecule has 0 aromatic heterocycles. The van der Waals surface area contributed by atoms with E-state index in [9.17, 15) is 43.2 Å². The summed E-state index contributed by atoms with van der Waals surface area (Å²) in [5.74, 6) is -0.541. The summed E-state index contributed by atoms with van der Waals surface area (Å²) < 4.78 is 68.8. The zero-order chi connectivity index (χ0) is 75.6. The second-order valence-corrected chi connectivity index (χ2v) is 34.1. The summed E-state index contributed by atoms with van der Waals surface area (Å²) in [6.07, 6.45) is 66.7. The van der Waals surface area contributed by atoms with Crippen LogP contribution in [0.3, 0.4) is 0 Å². The van der Waals surface area contributed by atoms with Crippen LogP contribution in [0.5, 0.6) is 0 Å². The van der Waals surface area contributed by atoms with Crippen LogP contribution in [0.15, 0.2) is 0 Å². The van der Waals surface area contributed by atoms with E-state index in [2.05, 4.69) is 41.5 Å². The highest BCUT2D eigenvalue weighted by molar-refractivity contribution is 7.47. The molecule has 5 atom stereocenters. The van der Waals surface area contributed by atoms with Gasteiger partial charge in [-0.3, -0.25) is 37.3 Å². The summed E-state index contributed by atoms with van der Waals surface area (Å²) >= 11 is 0. The van der Waals surface area contributed by atoms with Crippen molar-refractivity contribution in [2.45, 2.75) is 464 Å². The molecule has 19 heteroatoms. The van der Waals surface area contributed by atoms with Gasteiger partial charge in [0, 0.05) is 25.7 Å². The first kappa shape index (κ1) is 101. The van der Waals surface area contributed by atoms with Gasteiger partial charge in [-0.15, -0.1) is 0 Å². The summed E-state index contributed by atoms with van der Waals surface area (Å²) in [7, 11) is -9.92. The molecule has 0 aliphatic rings. The average Bonchev–Trinajstić information content (AvgIpc) is 0.910. The highest BCUT2D eigenvalue weighted by Crippen LogP contribution is 2.45. The predicted octanol–water partition coefficient (Wildman–Crippen LogP) is 25.5. The van der Waals surface area contributed by atoms with Crippen molar-refractivity contribution < 1.29 is 80.2 Å². The normalized spacial score (nSPS) is 13.9. The van der Waals surface area contributed by atoms with E-state index in [0.717, 1.165) is 102 Å². The second-order valence-electron chi connectivity index (χ2n) is 31.2. The molecule has 2 unspecified atom stereocenters. The lowest BCUT2D eigenvalue weighted by Crippen LogP contribution is -2.30. The quantitative estimate of drug-likeness (QED) is 0.0222. The van der Waals surface area contributed by atoms with E-state index in [1.54, 1.807) is 0 Å². The van der Waals surface area contributed by atoms with E-state index in [1.165, 1.54) is 263 Å². The van der Waals surface area contributed by atoms with Crippen molar-refractivity contribution in [3.63, 3.8) is 0 Å². The largest absolute Gasteiger partial charge is 0.472 e. The Labute approximate surface area is 632 Å². The van der Waals surface area contributed by atoms with Gasteiger partial charge in [-0.2, -0.15) is 0 Å². The van der Waals surface area contributed by atoms with Crippen molar-refractivity contribution >= 4 is 39.5 Å². The zero-order valence-electron chi connectivity index (χ0n) is 67.6. The first-order valence-electron chi connectivity index (χ1n) is 43.5. The molecule has 0 amide bonds. The van der Waals surface area contributed by atoms with Gasteiger partial charge in [0.15, 0.2) is 12.2 Å². The van der Waals surface area contributed by atoms with E-state index >= 15 is 0 Å². The first-order valence-corrected chi connectivity index (χ1v) is 46.5. The maximum atomic E-state index is 13.1. The van der Waals surface area contributed by atoms with Crippen LogP contribution in [0.1, 0.15) is 446 Å². The molecule has 0 aromatic rings. The summed E-state index contributed by atoms with van der Waals surface area (Å²) in [5.41, 5.74) is 0. The van der Waals surface area contributed by atoms with Gasteiger partial charge in [-0.1, -0.05) is 395 Å². The molecule has 0 bridgehead atoms. The molecule has 0 rings (SSSR count). The SMILES string of the molecule is CCCCCCCCCCCCCCCCCCCCCCCCC(=O)O[C@H](COC(=O)CCCCCCCCCCCCCCCCC(C)C)COP(=O)(O)OC[C@@H](O)COP(=O)(O)OC[C@@H](COC(=O)CCCCCCCCCCCC)OC(=O)CCCCCCCCCCCCCC(C)C. The maximum Gasteiger partial charge on any atom is 0.472 e. The lowest BCUT2D eigenvalue weighted by Gasteiger charge is -2.21. The number of aliphatic hydroxyl groups excluding tert-OH is 1. The Morgan fingerprint density at radius 1 is 0.262 bits per heavy atom. The number of unbranched alkanes of at least 4 members (excludes halogenated alkanes) is 53. The number of rotatable bonds is 83. The molecule has 0 aliphatic carbocycles. The molecule has 0 saturated carbocycles. The first-order chi connectivity index (χ1) is 49.9. The van der Waals surface area contributed by atoms with Crippen LogP contribution < -0.4 is 0 Å². The molecule has 612 valence electrons. The van der Waals surface area contributed by atoms with Gasteiger partial charge in [0.25, 0.3) is 0 Å². The fourth-order valence-corrected chi connectivity index (χ4v) is 14.6. The minimum absolute atomic E-state index is 0.107. The van der Waals surface area contributed by atoms with Crippen LogP contribution >= 0.6 is 15.6 Å². The molecule has 0 spiro atoms. The Morgan fingerprint density at radius 3 is 0.660 bits per heavy atom. The lowest BCUT2D eigenvalue weighted by atomic mass is 10.0. The number of phosphoric acid groups is 2. The fourth-order valence-electron chi connectivity index (χ4n) is 13.1. The van der Waals surface area contributed by atoms with Crippen LogP contribution in [0.25, 0.3) is 0 Å².